The SMILES string of the molecule is Cc1ocnc1CN1CCCN(C(=O)OC(C)(C)C)CC1. The third-order valence-electron chi connectivity index (χ3n) is 3.46. The average molecular weight is 295 g/mol. The molecule has 1 aromatic heterocycles. The molecule has 1 aromatic rings. The van der Waals surface area contributed by atoms with Gasteiger partial charge in [-0.05, 0) is 34.1 Å². The van der Waals surface area contributed by atoms with E-state index in [1.54, 1.807) is 4.90 Å². The second kappa shape index (κ2) is 6.47. The largest absolute Gasteiger partial charge is 0.448 e. The van der Waals surface area contributed by atoms with Crippen LogP contribution >= 0.6 is 0 Å². The van der Waals surface area contributed by atoms with E-state index in [0.29, 0.717) is 6.54 Å². The summed E-state index contributed by atoms with van der Waals surface area (Å²) < 4.78 is 10.7. The number of rotatable bonds is 2. The number of aryl methyl sites for hydroxylation is 1. The average Bonchev–Trinajstić information content (AvgIpc) is 2.62. The van der Waals surface area contributed by atoms with Gasteiger partial charge < -0.3 is 14.1 Å². The van der Waals surface area contributed by atoms with Crippen molar-refractivity contribution < 1.29 is 13.9 Å². The minimum atomic E-state index is -0.444. The quantitative estimate of drug-likeness (QED) is 0.838. The number of oxazole rings is 1. The van der Waals surface area contributed by atoms with Crippen molar-refractivity contribution in [3.63, 3.8) is 0 Å². The highest BCUT2D eigenvalue weighted by Gasteiger charge is 2.24. The summed E-state index contributed by atoms with van der Waals surface area (Å²) in [6, 6.07) is 0. The fourth-order valence-corrected chi connectivity index (χ4v) is 2.33. The Kier molecular flexibility index (Phi) is 4.88. The molecule has 0 aromatic carbocycles. The zero-order valence-electron chi connectivity index (χ0n) is 13.4. The fourth-order valence-electron chi connectivity index (χ4n) is 2.33. The Morgan fingerprint density at radius 3 is 2.71 bits per heavy atom. The van der Waals surface area contributed by atoms with Crippen LogP contribution in [-0.4, -0.2) is 52.7 Å². The maximum Gasteiger partial charge on any atom is 0.410 e. The van der Waals surface area contributed by atoms with Gasteiger partial charge in [0.1, 0.15) is 11.4 Å². The summed E-state index contributed by atoms with van der Waals surface area (Å²) >= 11 is 0. The van der Waals surface area contributed by atoms with E-state index in [2.05, 4.69) is 9.88 Å². The second-order valence-corrected chi connectivity index (χ2v) is 6.45. The lowest BCUT2D eigenvalue weighted by atomic mass is 10.2. The van der Waals surface area contributed by atoms with E-state index in [1.165, 1.54) is 6.39 Å². The number of carbonyl (C=O) groups is 1. The molecule has 0 atom stereocenters. The van der Waals surface area contributed by atoms with Crippen LogP contribution in [0.2, 0.25) is 0 Å². The summed E-state index contributed by atoms with van der Waals surface area (Å²) in [5.41, 5.74) is 0.529. The van der Waals surface area contributed by atoms with Crippen LogP contribution in [0.25, 0.3) is 0 Å². The van der Waals surface area contributed by atoms with Crippen molar-refractivity contribution in [3.05, 3.63) is 17.8 Å². The highest BCUT2D eigenvalue weighted by atomic mass is 16.6. The van der Waals surface area contributed by atoms with Crippen molar-refractivity contribution in [2.24, 2.45) is 0 Å². The molecule has 1 fully saturated rings. The van der Waals surface area contributed by atoms with Crippen LogP contribution in [0.15, 0.2) is 10.8 Å². The number of hydrogen-bond acceptors (Lipinski definition) is 5. The zero-order chi connectivity index (χ0) is 15.5. The highest BCUT2D eigenvalue weighted by molar-refractivity contribution is 5.68. The molecule has 6 nitrogen and oxygen atoms in total. The standard InChI is InChI=1S/C15H25N3O3/c1-12-13(16-11-20-12)10-17-6-5-7-18(9-8-17)14(19)21-15(2,3)4/h11H,5-10H2,1-4H3. The molecule has 0 unspecified atom stereocenters. The number of ether oxygens (including phenoxy) is 1. The Morgan fingerprint density at radius 2 is 2.10 bits per heavy atom. The monoisotopic (exact) mass is 295 g/mol. The first-order valence-corrected chi connectivity index (χ1v) is 7.44. The van der Waals surface area contributed by atoms with Gasteiger partial charge in [-0.1, -0.05) is 0 Å². The second-order valence-electron chi connectivity index (χ2n) is 6.45. The molecule has 1 aliphatic heterocycles. The minimum Gasteiger partial charge on any atom is -0.448 e. The summed E-state index contributed by atoms with van der Waals surface area (Å²) in [6.45, 7) is 11.6. The topological polar surface area (TPSA) is 58.8 Å². The van der Waals surface area contributed by atoms with Gasteiger partial charge in [0.15, 0.2) is 6.39 Å². The molecule has 118 valence electrons. The van der Waals surface area contributed by atoms with E-state index in [-0.39, 0.29) is 6.09 Å². The normalized spacial score (nSPS) is 17.6. The van der Waals surface area contributed by atoms with Crippen molar-refractivity contribution in [2.75, 3.05) is 26.2 Å². The number of aromatic nitrogens is 1. The molecule has 6 heteroatoms. The molecule has 0 bridgehead atoms. The maximum absolute atomic E-state index is 12.1. The molecule has 0 saturated carbocycles. The summed E-state index contributed by atoms with van der Waals surface area (Å²) in [4.78, 5) is 20.4. The lowest BCUT2D eigenvalue weighted by molar-refractivity contribution is 0.0257. The molecular weight excluding hydrogens is 270 g/mol. The Labute approximate surface area is 126 Å². The molecule has 21 heavy (non-hydrogen) atoms. The van der Waals surface area contributed by atoms with E-state index >= 15 is 0 Å². The van der Waals surface area contributed by atoms with Crippen molar-refractivity contribution in [1.29, 1.82) is 0 Å². The Hall–Kier alpha value is -1.56. The van der Waals surface area contributed by atoms with Gasteiger partial charge in [-0.25, -0.2) is 9.78 Å². The van der Waals surface area contributed by atoms with E-state index < -0.39 is 5.60 Å². The molecule has 1 amide bonds. The van der Waals surface area contributed by atoms with Crippen LogP contribution < -0.4 is 0 Å². The molecule has 0 N–H and O–H groups in total. The number of nitrogens with zero attached hydrogens (tertiary/aromatic N) is 3. The molecular formula is C15H25N3O3. The van der Waals surface area contributed by atoms with Gasteiger partial charge in [0, 0.05) is 32.7 Å². The number of carbonyl (C=O) groups excluding carboxylic acids is 1. The third kappa shape index (κ3) is 4.74. The Morgan fingerprint density at radius 1 is 1.33 bits per heavy atom. The lowest BCUT2D eigenvalue weighted by Crippen LogP contribution is -2.39. The van der Waals surface area contributed by atoms with Crippen LogP contribution in [0.3, 0.4) is 0 Å². The van der Waals surface area contributed by atoms with Gasteiger partial charge >= 0.3 is 6.09 Å². The van der Waals surface area contributed by atoms with E-state index in [9.17, 15) is 4.79 Å². The molecule has 1 aliphatic rings. The van der Waals surface area contributed by atoms with Gasteiger partial charge in [-0.15, -0.1) is 0 Å². The van der Waals surface area contributed by atoms with Crippen LogP contribution in [0, 0.1) is 6.92 Å². The van der Waals surface area contributed by atoms with Gasteiger partial charge in [-0.2, -0.15) is 0 Å². The minimum absolute atomic E-state index is 0.220. The van der Waals surface area contributed by atoms with Crippen LogP contribution in [0.1, 0.15) is 38.6 Å². The summed E-state index contributed by atoms with van der Waals surface area (Å²) in [6.07, 6.45) is 2.20. The van der Waals surface area contributed by atoms with Crippen molar-refractivity contribution in [1.82, 2.24) is 14.8 Å². The molecule has 1 saturated heterocycles. The van der Waals surface area contributed by atoms with Gasteiger partial charge in [0.2, 0.25) is 0 Å². The van der Waals surface area contributed by atoms with Crippen molar-refractivity contribution in [2.45, 2.75) is 46.3 Å². The first-order valence-electron chi connectivity index (χ1n) is 7.44. The third-order valence-corrected chi connectivity index (χ3v) is 3.46. The van der Waals surface area contributed by atoms with E-state index in [4.69, 9.17) is 9.15 Å². The van der Waals surface area contributed by atoms with E-state index in [0.717, 1.165) is 44.1 Å². The highest BCUT2D eigenvalue weighted by Crippen LogP contribution is 2.14. The predicted molar refractivity (Wildman–Crippen MR) is 78.9 cm³/mol. The zero-order valence-corrected chi connectivity index (χ0v) is 13.4. The molecule has 0 spiro atoms. The van der Waals surface area contributed by atoms with Crippen LogP contribution in [0.4, 0.5) is 4.79 Å². The molecule has 2 heterocycles. The van der Waals surface area contributed by atoms with Gasteiger partial charge in [-0.3, -0.25) is 4.90 Å². The summed E-state index contributed by atoms with van der Waals surface area (Å²) in [7, 11) is 0. The molecule has 2 rings (SSSR count). The van der Waals surface area contributed by atoms with Crippen molar-refractivity contribution in [3.8, 4) is 0 Å². The summed E-state index contributed by atoms with van der Waals surface area (Å²) in [5, 5.41) is 0. The maximum atomic E-state index is 12.1. The van der Waals surface area contributed by atoms with Crippen LogP contribution in [0.5, 0.6) is 0 Å². The van der Waals surface area contributed by atoms with Crippen molar-refractivity contribution >= 4 is 6.09 Å². The van der Waals surface area contributed by atoms with Gasteiger partial charge in [0.25, 0.3) is 0 Å². The lowest BCUT2D eigenvalue weighted by Gasteiger charge is -2.26. The van der Waals surface area contributed by atoms with Crippen LogP contribution in [-0.2, 0) is 11.3 Å². The number of amides is 1. The molecule has 0 radical (unpaired) electrons. The predicted octanol–water partition coefficient (Wildman–Crippen LogP) is 2.43. The number of hydrogen-bond donors (Lipinski definition) is 0. The Balaban J connectivity index is 1.87. The first-order chi connectivity index (χ1) is 9.85. The molecule has 0 aliphatic carbocycles. The summed E-state index contributed by atoms with van der Waals surface area (Å²) in [5.74, 6) is 0.864. The van der Waals surface area contributed by atoms with E-state index in [1.807, 2.05) is 27.7 Å². The van der Waals surface area contributed by atoms with Gasteiger partial charge in [0.05, 0.1) is 5.69 Å². The first kappa shape index (κ1) is 15.8. The Bertz CT molecular complexity index is 479. The fraction of sp³-hybridized carbons (Fsp3) is 0.733. The smallest absolute Gasteiger partial charge is 0.410 e.